The van der Waals surface area contributed by atoms with Gasteiger partial charge in [-0.15, -0.1) is 0 Å². The molecule has 0 N–H and O–H groups in total. The van der Waals surface area contributed by atoms with E-state index < -0.39 is 21.4 Å². The molecule has 3 aliphatic rings. The van der Waals surface area contributed by atoms with E-state index in [1.165, 1.54) is 12.3 Å². The van der Waals surface area contributed by atoms with E-state index in [2.05, 4.69) is 15.1 Å². The predicted octanol–water partition coefficient (Wildman–Crippen LogP) is 3.78. The number of hydrogen-bond donors (Lipinski definition) is 0. The second-order valence-corrected chi connectivity index (χ2v) is 11.7. The van der Waals surface area contributed by atoms with Crippen molar-refractivity contribution in [2.45, 2.75) is 55.0 Å². The van der Waals surface area contributed by atoms with Crippen molar-refractivity contribution in [3.05, 3.63) is 24.2 Å². The summed E-state index contributed by atoms with van der Waals surface area (Å²) in [5, 5.41) is 3.83. The Morgan fingerprint density at radius 3 is 2.56 bits per heavy atom. The largest absolute Gasteiger partial charge is 0.478 e. The van der Waals surface area contributed by atoms with Crippen LogP contribution < -0.4 is 9.64 Å². The van der Waals surface area contributed by atoms with Gasteiger partial charge in [-0.25, -0.2) is 13.4 Å². The van der Waals surface area contributed by atoms with Gasteiger partial charge in [0, 0.05) is 31.6 Å². The fourth-order valence-electron chi connectivity index (χ4n) is 4.98. The number of rotatable bonds is 8. The number of sulfone groups is 1. The monoisotopic (exact) mass is 500 g/mol. The normalized spacial score (nSPS) is 24.8. The van der Waals surface area contributed by atoms with Crippen LogP contribution in [0.15, 0.2) is 27.7 Å². The van der Waals surface area contributed by atoms with Gasteiger partial charge >= 0.3 is 6.18 Å². The molecule has 12 heteroatoms. The van der Waals surface area contributed by atoms with Gasteiger partial charge in [-0.2, -0.15) is 18.2 Å². The molecule has 2 aromatic rings. The molecule has 5 rings (SSSR count). The Hall–Kier alpha value is -2.37. The lowest BCUT2D eigenvalue weighted by molar-refractivity contribution is -0.166. The first-order valence-electron chi connectivity index (χ1n) is 11.5. The molecule has 2 aromatic heterocycles. The van der Waals surface area contributed by atoms with Crippen molar-refractivity contribution in [1.29, 1.82) is 0 Å². The lowest BCUT2D eigenvalue weighted by Gasteiger charge is -2.31. The van der Waals surface area contributed by atoms with E-state index in [9.17, 15) is 21.6 Å². The number of pyridine rings is 1. The Morgan fingerprint density at radius 1 is 1.24 bits per heavy atom. The van der Waals surface area contributed by atoms with Gasteiger partial charge in [0.25, 0.3) is 5.95 Å². The maximum Gasteiger partial charge on any atom is 0.403 e. The van der Waals surface area contributed by atoms with Crippen LogP contribution in [0.3, 0.4) is 0 Å². The van der Waals surface area contributed by atoms with Crippen LogP contribution >= 0.6 is 0 Å². The molecule has 1 aliphatic heterocycles. The van der Waals surface area contributed by atoms with E-state index in [4.69, 9.17) is 9.26 Å². The predicted molar refractivity (Wildman–Crippen MR) is 115 cm³/mol. The Balaban J connectivity index is 1.05. The van der Waals surface area contributed by atoms with Gasteiger partial charge in [0.1, 0.15) is 5.41 Å². The maximum absolute atomic E-state index is 13.3. The molecule has 2 saturated carbocycles. The number of piperidine rings is 1. The zero-order chi connectivity index (χ0) is 24.1. The van der Waals surface area contributed by atoms with E-state index in [0.29, 0.717) is 43.3 Å². The second kappa shape index (κ2) is 8.39. The highest BCUT2D eigenvalue weighted by Gasteiger charge is 2.68. The summed E-state index contributed by atoms with van der Waals surface area (Å²) < 4.78 is 73.5. The van der Waals surface area contributed by atoms with Gasteiger partial charge in [-0.05, 0) is 67.5 Å². The highest BCUT2D eigenvalue weighted by Crippen LogP contribution is 2.58. The van der Waals surface area contributed by atoms with Crippen LogP contribution in [0, 0.1) is 17.8 Å². The Kier molecular flexibility index (Phi) is 5.77. The van der Waals surface area contributed by atoms with Gasteiger partial charge in [-0.1, -0.05) is 0 Å². The zero-order valence-corrected chi connectivity index (χ0v) is 19.6. The fourth-order valence-corrected chi connectivity index (χ4v) is 5.54. The molecule has 0 spiro atoms. The van der Waals surface area contributed by atoms with Crippen molar-refractivity contribution in [1.82, 2.24) is 15.1 Å². The van der Waals surface area contributed by atoms with Crippen molar-refractivity contribution in [3.8, 4) is 5.88 Å². The molecule has 1 saturated heterocycles. The van der Waals surface area contributed by atoms with Crippen molar-refractivity contribution >= 4 is 15.8 Å². The molecule has 0 radical (unpaired) electrons. The van der Waals surface area contributed by atoms with Crippen molar-refractivity contribution in [2.75, 3.05) is 30.9 Å². The topological polar surface area (TPSA) is 98.4 Å². The summed E-state index contributed by atoms with van der Waals surface area (Å²) >= 11 is 0. The van der Waals surface area contributed by atoms with E-state index in [0.717, 1.165) is 31.9 Å². The first-order chi connectivity index (χ1) is 16.1. The molecule has 34 heavy (non-hydrogen) atoms. The van der Waals surface area contributed by atoms with Gasteiger partial charge in [0.15, 0.2) is 9.84 Å². The molecule has 3 heterocycles. The molecule has 0 bridgehead atoms. The average molecular weight is 501 g/mol. The first-order valence-corrected chi connectivity index (χ1v) is 13.4. The Labute approximate surface area is 195 Å². The van der Waals surface area contributed by atoms with E-state index in [-0.39, 0.29) is 29.6 Å². The third-order valence-corrected chi connectivity index (χ3v) is 8.50. The number of alkyl halides is 3. The zero-order valence-electron chi connectivity index (χ0n) is 18.8. The molecule has 8 nitrogen and oxygen atoms in total. The summed E-state index contributed by atoms with van der Waals surface area (Å²) in [6.07, 6.45) is 2.06. The molecular weight excluding hydrogens is 473 g/mol. The number of halogens is 3. The van der Waals surface area contributed by atoms with Crippen LogP contribution in [0.25, 0.3) is 0 Å². The number of nitrogens with zero attached hydrogens (tertiary/aromatic N) is 4. The molecule has 0 amide bonds. The van der Waals surface area contributed by atoms with Crippen LogP contribution in [-0.4, -0.2) is 55.7 Å². The molecular formula is C22H27F3N4O4S. The summed E-state index contributed by atoms with van der Waals surface area (Å²) in [5.41, 5.74) is -1.94. The van der Waals surface area contributed by atoms with E-state index in [1.807, 2.05) is 4.90 Å². The summed E-state index contributed by atoms with van der Waals surface area (Å²) in [7, 11) is -3.27. The molecule has 186 valence electrons. The van der Waals surface area contributed by atoms with Crippen LogP contribution in [0.1, 0.15) is 44.4 Å². The Morgan fingerprint density at radius 2 is 1.97 bits per heavy atom. The van der Waals surface area contributed by atoms with E-state index >= 15 is 0 Å². The molecule has 0 aromatic carbocycles. The van der Waals surface area contributed by atoms with Crippen molar-refractivity contribution < 1.29 is 30.8 Å². The lowest BCUT2D eigenvalue weighted by atomic mass is 9.90. The minimum absolute atomic E-state index is 0.00894. The minimum Gasteiger partial charge on any atom is -0.478 e. The highest BCUT2D eigenvalue weighted by atomic mass is 32.2. The van der Waals surface area contributed by atoms with Gasteiger partial charge < -0.3 is 14.2 Å². The van der Waals surface area contributed by atoms with Crippen LogP contribution in [0.2, 0.25) is 0 Å². The summed E-state index contributed by atoms with van der Waals surface area (Å²) in [6.45, 7) is 1.94. The summed E-state index contributed by atoms with van der Waals surface area (Å²) in [4.78, 5) is 10.2. The number of ether oxygens (including phenoxy) is 1. The molecule has 3 fully saturated rings. The molecule has 2 atom stereocenters. The highest BCUT2D eigenvalue weighted by molar-refractivity contribution is 7.90. The van der Waals surface area contributed by atoms with Crippen molar-refractivity contribution in [3.63, 3.8) is 0 Å². The Bertz CT molecular complexity index is 1120. The first kappa shape index (κ1) is 23.4. The van der Waals surface area contributed by atoms with Crippen molar-refractivity contribution in [2.24, 2.45) is 17.8 Å². The average Bonchev–Trinajstić information content (AvgIpc) is 3.70. The maximum atomic E-state index is 13.3. The fraction of sp³-hybridized carbons (Fsp3) is 0.682. The van der Waals surface area contributed by atoms with Crippen LogP contribution in [0.5, 0.6) is 5.88 Å². The van der Waals surface area contributed by atoms with Crippen LogP contribution in [-0.2, 0) is 15.3 Å². The van der Waals surface area contributed by atoms with Gasteiger partial charge in [0.05, 0.1) is 11.5 Å². The third kappa shape index (κ3) is 4.60. The quantitative estimate of drug-likeness (QED) is 0.540. The third-order valence-electron chi connectivity index (χ3n) is 7.40. The van der Waals surface area contributed by atoms with Gasteiger partial charge in [-0.3, -0.25) is 0 Å². The van der Waals surface area contributed by atoms with Gasteiger partial charge in [0.2, 0.25) is 11.8 Å². The number of hydrogen-bond acceptors (Lipinski definition) is 8. The smallest absolute Gasteiger partial charge is 0.403 e. The van der Waals surface area contributed by atoms with Crippen LogP contribution in [0.4, 0.5) is 19.1 Å². The summed E-state index contributed by atoms with van der Waals surface area (Å²) in [6, 6.07) is 3.06. The standard InChI is InChI=1S/C22H27F3N4O4S/c1-34(30,31)16-2-3-18(26-13-16)32-11-6-15-12-17(15)14-4-9-29(10-5-14)20-27-19(33-28-20)21(7-8-21)22(23,24)25/h2-3,13-15,17H,4-12H2,1H3. The SMILES string of the molecule is CS(=O)(=O)c1ccc(OCCC2CC2C2CCN(c3noc(C4(C(F)(F)F)CC4)n3)CC2)nc1. The number of anilines is 1. The molecule has 2 unspecified atom stereocenters. The molecule has 2 aliphatic carbocycles. The second-order valence-electron chi connectivity index (χ2n) is 9.70. The van der Waals surface area contributed by atoms with E-state index in [1.54, 1.807) is 6.07 Å². The number of aromatic nitrogens is 3. The summed E-state index contributed by atoms with van der Waals surface area (Å²) in [5.74, 6) is 2.16. The minimum atomic E-state index is -4.36. The lowest BCUT2D eigenvalue weighted by Crippen LogP contribution is -2.35.